The fraction of sp³-hybridized carbons (Fsp3) is 0.889. The van der Waals surface area contributed by atoms with Gasteiger partial charge in [-0.05, 0) is 0 Å². The number of aliphatic hydroxyl groups is 1. The smallest absolute Gasteiger partial charge is 0.148 e. The number of carbonyl (C=O) groups excluding carboxylic acids is 1. The maximum Gasteiger partial charge on any atom is 0.148 e. The van der Waals surface area contributed by atoms with Crippen molar-refractivity contribution in [3.8, 4) is 0 Å². The van der Waals surface area contributed by atoms with Gasteiger partial charge in [-0.25, -0.2) is 0 Å². The van der Waals surface area contributed by atoms with Gasteiger partial charge < -0.3 is 24.1 Å². The monoisotopic (exact) mass is 206 g/mol. The average molecular weight is 206 g/mol. The van der Waals surface area contributed by atoms with Gasteiger partial charge in [0, 0.05) is 13.0 Å². The lowest BCUT2D eigenvalue weighted by Crippen LogP contribution is -2.24. The summed E-state index contributed by atoms with van der Waals surface area (Å²) in [6.45, 7) is 3.18. The first-order chi connectivity index (χ1) is 6.72. The molecular weight excluding hydrogens is 188 g/mol. The zero-order valence-electron chi connectivity index (χ0n) is 8.64. The molecule has 0 aliphatic rings. The third-order valence-electron chi connectivity index (χ3n) is 1.70. The summed E-state index contributed by atoms with van der Waals surface area (Å²) in [7, 11) is 1.59. The molecule has 0 amide bonds. The van der Waals surface area contributed by atoms with Gasteiger partial charge in [0.05, 0.1) is 19.8 Å². The molecule has 0 aliphatic heterocycles. The Hall–Kier alpha value is -0.490. The van der Waals surface area contributed by atoms with E-state index in [0.717, 1.165) is 0 Å². The lowest BCUT2D eigenvalue weighted by Gasteiger charge is -2.13. The molecule has 14 heavy (non-hydrogen) atoms. The molecular formula is C9H18O5. The molecule has 0 bridgehead atoms. The Balaban J connectivity index is 3.22. The molecule has 0 spiro atoms. The summed E-state index contributed by atoms with van der Waals surface area (Å²) in [6.07, 6.45) is -0.464. The van der Waals surface area contributed by atoms with Crippen molar-refractivity contribution in [1.82, 2.24) is 0 Å². The normalized spacial score (nSPS) is 15.1. The predicted molar refractivity (Wildman–Crippen MR) is 49.9 cm³/mol. The molecule has 0 saturated heterocycles. The third kappa shape index (κ3) is 6.97. The Morgan fingerprint density at radius 1 is 1.36 bits per heavy atom. The second kappa shape index (κ2) is 9.08. The van der Waals surface area contributed by atoms with Crippen molar-refractivity contribution in [2.45, 2.75) is 13.0 Å². The lowest BCUT2D eigenvalue weighted by molar-refractivity contribution is -0.121. The molecule has 0 radical (unpaired) electrons. The average Bonchev–Trinajstić information content (AvgIpc) is 2.21. The van der Waals surface area contributed by atoms with Crippen LogP contribution in [0.2, 0.25) is 0 Å². The summed E-state index contributed by atoms with van der Waals surface area (Å²) in [4.78, 5) is 10.2. The quantitative estimate of drug-likeness (QED) is 0.322. The maximum absolute atomic E-state index is 10.2. The number of aldehydes is 1. The van der Waals surface area contributed by atoms with Crippen LogP contribution in [-0.4, -0.2) is 51.2 Å². The molecule has 0 aliphatic carbocycles. The summed E-state index contributed by atoms with van der Waals surface area (Å²) in [5, 5.41) is 9.06. The SMILES string of the molecule is COCCOCOC[C@@H](C)[C@H](O)C=O. The molecule has 5 nitrogen and oxygen atoms in total. The van der Waals surface area contributed by atoms with Crippen LogP contribution in [0.4, 0.5) is 0 Å². The van der Waals surface area contributed by atoms with E-state index in [1.54, 1.807) is 14.0 Å². The van der Waals surface area contributed by atoms with Crippen LogP contribution in [0.3, 0.4) is 0 Å². The molecule has 2 atom stereocenters. The van der Waals surface area contributed by atoms with E-state index in [4.69, 9.17) is 19.3 Å². The highest BCUT2D eigenvalue weighted by Gasteiger charge is 2.12. The number of aliphatic hydroxyl groups excluding tert-OH is 1. The van der Waals surface area contributed by atoms with Crippen LogP contribution in [-0.2, 0) is 19.0 Å². The van der Waals surface area contributed by atoms with Crippen molar-refractivity contribution in [3.05, 3.63) is 0 Å². The molecule has 1 N–H and O–H groups in total. The number of methoxy groups -OCH3 is 1. The Bertz CT molecular complexity index is 139. The number of carbonyl (C=O) groups is 1. The number of ether oxygens (including phenoxy) is 3. The molecule has 0 unspecified atom stereocenters. The van der Waals surface area contributed by atoms with E-state index in [9.17, 15) is 4.79 Å². The van der Waals surface area contributed by atoms with Gasteiger partial charge in [-0.3, -0.25) is 0 Å². The molecule has 5 heteroatoms. The molecule has 0 aromatic carbocycles. The van der Waals surface area contributed by atoms with Crippen LogP contribution in [0.1, 0.15) is 6.92 Å². The first-order valence-corrected chi connectivity index (χ1v) is 4.50. The highest BCUT2D eigenvalue weighted by atomic mass is 16.7. The van der Waals surface area contributed by atoms with Gasteiger partial charge in [-0.2, -0.15) is 0 Å². The number of rotatable bonds is 9. The van der Waals surface area contributed by atoms with Crippen molar-refractivity contribution >= 4 is 6.29 Å². The second-order valence-corrected chi connectivity index (χ2v) is 2.99. The van der Waals surface area contributed by atoms with E-state index < -0.39 is 6.10 Å². The van der Waals surface area contributed by atoms with E-state index in [2.05, 4.69) is 0 Å². The van der Waals surface area contributed by atoms with Crippen molar-refractivity contribution in [2.75, 3.05) is 33.7 Å². The Labute approximate surface area is 84.0 Å². The topological polar surface area (TPSA) is 65.0 Å². The Morgan fingerprint density at radius 2 is 2.07 bits per heavy atom. The number of hydrogen-bond donors (Lipinski definition) is 1. The predicted octanol–water partition coefficient (Wildman–Crippen LogP) is -0.181. The van der Waals surface area contributed by atoms with Crippen LogP contribution >= 0.6 is 0 Å². The Kier molecular flexibility index (Phi) is 8.76. The van der Waals surface area contributed by atoms with Crippen LogP contribution < -0.4 is 0 Å². The standard InChI is InChI=1S/C9H18O5/c1-8(9(11)5-10)6-14-7-13-4-3-12-2/h5,8-9,11H,3-4,6-7H2,1-2H3/t8-,9-/m1/s1. The van der Waals surface area contributed by atoms with Gasteiger partial charge in [0.1, 0.15) is 19.2 Å². The molecule has 0 rings (SSSR count). The van der Waals surface area contributed by atoms with Crippen molar-refractivity contribution in [1.29, 1.82) is 0 Å². The minimum absolute atomic E-state index is 0.152. The van der Waals surface area contributed by atoms with Gasteiger partial charge >= 0.3 is 0 Å². The zero-order chi connectivity index (χ0) is 10.8. The zero-order valence-corrected chi connectivity index (χ0v) is 8.64. The first kappa shape index (κ1) is 13.5. The molecule has 0 fully saturated rings. The van der Waals surface area contributed by atoms with Crippen LogP contribution in [0.25, 0.3) is 0 Å². The van der Waals surface area contributed by atoms with E-state index in [-0.39, 0.29) is 12.7 Å². The van der Waals surface area contributed by atoms with Crippen LogP contribution in [0.15, 0.2) is 0 Å². The van der Waals surface area contributed by atoms with E-state index in [0.29, 0.717) is 26.1 Å². The van der Waals surface area contributed by atoms with Gasteiger partial charge in [0.15, 0.2) is 0 Å². The maximum atomic E-state index is 10.2. The third-order valence-corrected chi connectivity index (χ3v) is 1.70. The molecule has 84 valence electrons. The number of hydrogen-bond acceptors (Lipinski definition) is 5. The van der Waals surface area contributed by atoms with Gasteiger partial charge in [0.2, 0.25) is 0 Å². The molecule has 0 heterocycles. The fourth-order valence-electron chi connectivity index (χ4n) is 0.727. The summed E-state index contributed by atoms with van der Waals surface area (Å²) in [5.74, 6) is -0.210. The van der Waals surface area contributed by atoms with Crippen LogP contribution in [0.5, 0.6) is 0 Å². The molecule has 0 aromatic rings. The lowest BCUT2D eigenvalue weighted by atomic mass is 10.1. The van der Waals surface area contributed by atoms with Crippen molar-refractivity contribution < 1.29 is 24.1 Å². The van der Waals surface area contributed by atoms with Gasteiger partial charge in [0.25, 0.3) is 0 Å². The highest BCUT2D eigenvalue weighted by molar-refractivity contribution is 5.55. The van der Waals surface area contributed by atoms with Crippen LogP contribution in [0, 0.1) is 5.92 Å². The molecule has 0 saturated carbocycles. The summed E-state index contributed by atoms with van der Waals surface area (Å²) in [5.41, 5.74) is 0. The van der Waals surface area contributed by atoms with Crippen molar-refractivity contribution in [3.63, 3.8) is 0 Å². The van der Waals surface area contributed by atoms with E-state index in [1.807, 2.05) is 0 Å². The Morgan fingerprint density at radius 3 is 2.64 bits per heavy atom. The molecule has 0 aromatic heterocycles. The van der Waals surface area contributed by atoms with Gasteiger partial charge in [-0.1, -0.05) is 6.92 Å². The largest absolute Gasteiger partial charge is 0.385 e. The summed E-state index contributed by atoms with van der Waals surface area (Å²) in [6, 6.07) is 0. The van der Waals surface area contributed by atoms with E-state index in [1.165, 1.54) is 0 Å². The van der Waals surface area contributed by atoms with E-state index >= 15 is 0 Å². The second-order valence-electron chi connectivity index (χ2n) is 2.99. The first-order valence-electron chi connectivity index (χ1n) is 4.50. The summed E-state index contributed by atoms with van der Waals surface area (Å²) >= 11 is 0. The fourth-order valence-corrected chi connectivity index (χ4v) is 0.727. The minimum atomic E-state index is -0.964. The highest BCUT2D eigenvalue weighted by Crippen LogP contribution is 2.00. The van der Waals surface area contributed by atoms with Gasteiger partial charge in [-0.15, -0.1) is 0 Å². The summed E-state index contributed by atoms with van der Waals surface area (Å²) < 4.78 is 14.8. The minimum Gasteiger partial charge on any atom is -0.385 e. The van der Waals surface area contributed by atoms with Crippen molar-refractivity contribution in [2.24, 2.45) is 5.92 Å².